The average molecular weight is 462 g/mol. The number of morpholine rings is 1. The summed E-state index contributed by atoms with van der Waals surface area (Å²) >= 11 is 0. The predicted octanol–water partition coefficient (Wildman–Crippen LogP) is 1.09. The van der Waals surface area contributed by atoms with Crippen molar-refractivity contribution in [1.29, 1.82) is 0 Å². The topological polar surface area (TPSA) is 117 Å². The predicted molar refractivity (Wildman–Crippen MR) is 122 cm³/mol. The molecule has 0 bridgehead atoms. The second-order valence-corrected chi connectivity index (χ2v) is 9.33. The fourth-order valence-electron chi connectivity index (χ4n) is 4.12. The number of phenolic OH excluding ortho intramolecular Hbond substituents is 1. The summed E-state index contributed by atoms with van der Waals surface area (Å²) in [5.74, 6) is -0.794. The van der Waals surface area contributed by atoms with Crippen LogP contribution in [0, 0.1) is 11.8 Å². The van der Waals surface area contributed by atoms with Crippen LogP contribution in [0.15, 0.2) is 18.2 Å². The van der Waals surface area contributed by atoms with Crippen LogP contribution < -0.4 is 10.6 Å². The molecule has 2 amide bonds. The Labute approximate surface area is 194 Å². The van der Waals surface area contributed by atoms with E-state index in [1.165, 1.54) is 6.07 Å². The summed E-state index contributed by atoms with van der Waals surface area (Å²) < 4.78 is 10.6. The van der Waals surface area contributed by atoms with Crippen LogP contribution in [0.4, 0.5) is 0 Å². The second-order valence-electron chi connectivity index (χ2n) is 9.33. The monoisotopic (exact) mass is 461 g/mol. The first-order chi connectivity index (χ1) is 15.7. The smallest absolute Gasteiger partial charge is 0.251 e. The van der Waals surface area contributed by atoms with Gasteiger partial charge in [-0.25, -0.2) is 0 Å². The van der Waals surface area contributed by atoms with Gasteiger partial charge in [0.25, 0.3) is 5.91 Å². The number of hydrogen-bond donors (Lipinski definition) is 3. The molecule has 3 rings (SSSR count). The Hall–Kier alpha value is -2.49. The van der Waals surface area contributed by atoms with E-state index in [1.807, 2.05) is 20.8 Å². The number of Topliss-reactive ketones (excluding diaryl/α,β-unsaturated/α-hetero) is 1. The Morgan fingerprint density at radius 3 is 2.61 bits per heavy atom. The maximum Gasteiger partial charge on any atom is 0.251 e. The van der Waals surface area contributed by atoms with Gasteiger partial charge in [-0.05, 0) is 30.5 Å². The molecule has 0 spiro atoms. The number of ether oxygens (including phenoxy) is 2. The van der Waals surface area contributed by atoms with Gasteiger partial charge in [0.15, 0.2) is 5.78 Å². The van der Waals surface area contributed by atoms with Gasteiger partial charge in [-0.2, -0.15) is 0 Å². The first-order valence-electron chi connectivity index (χ1n) is 11.6. The van der Waals surface area contributed by atoms with E-state index in [0.717, 1.165) is 13.1 Å². The number of rotatable bonds is 8. The largest absolute Gasteiger partial charge is 0.508 e. The van der Waals surface area contributed by atoms with Gasteiger partial charge in [0, 0.05) is 36.7 Å². The van der Waals surface area contributed by atoms with Gasteiger partial charge in [-0.15, -0.1) is 0 Å². The zero-order valence-corrected chi connectivity index (χ0v) is 19.6. The average Bonchev–Trinajstić information content (AvgIpc) is 2.77. The maximum atomic E-state index is 13.0. The summed E-state index contributed by atoms with van der Waals surface area (Å²) in [7, 11) is 0. The van der Waals surface area contributed by atoms with Crippen molar-refractivity contribution in [2.75, 3.05) is 39.5 Å². The van der Waals surface area contributed by atoms with E-state index in [4.69, 9.17) is 9.47 Å². The minimum Gasteiger partial charge on any atom is -0.508 e. The van der Waals surface area contributed by atoms with Crippen LogP contribution >= 0.6 is 0 Å². The lowest BCUT2D eigenvalue weighted by molar-refractivity contribution is -0.137. The second kappa shape index (κ2) is 11.6. The minimum absolute atomic E-state index is 0.0179. The van der Waals surface area contributed by atoms with Crippen molar-refractivity contribution >= 4 is 17.6 Å². The summed E-state index contributed by atoms with van der Waals surface area (Å²) in [6, 6.07) is 3.31. The quantitative estimate of drug-likeness (QED) is 0.531. The third kappa shape index (κ3) is 6.99. The summed E-state index contributed by atoms with van der Waals surface area (Å²) in [6.07, 6.45) is 0.433. The van der Waals surface area contributed by atoms with Crippen molar-refractivity contribution in [1.82, 2.24) is 15.5 Å². The highest BCUT2D eigenvalue weighted by Crippen LogP contribution is 2.21. The van der Waals surface area contributed by atoms with Crippen LogP contribution in [-0.4, -0.2) is 79.2 Å². The molecule has 2 aliphatic heterocycles. The SMILES string of the molecule is CC(C)C[C@H](NC(=O)c1ccc(O)c(CN2CCOCC2)c1)C(=O)N[C@@H]1C(=O)COC[C@H]1C. The molecule has 3 N–H and O–H groups in total. The van der Waals surface area contributed by atoms with Gasteiger partial charge < -0.3 is 25.2 Å². The zero-order valence-electron chi connectivity index (χ0n) is 19.6. The number of phenols is 1. The number of hydrogen-bond acceptors (Lipinski definition) is 7. The van der Waals surface area contributed by atoms with E-state index in [0.29, 0.717) is 43.9 Å². The lowest BCUT2D eigenvalue weighted by atomic mass is 9.95. The van der Waals surface area contributed by atoms with Crippen LogP contribution in [0.1, 0.15) is 43.1 Å². The Morgan fingerprint density at radius 2 is 1.94 bits per heavy atom. The number of ketones is 1. The molecule has 182 valence electrons. The van der Waals surface area contributed by atoms with Gasteiger partial charge in [0.1, 0.15) is 18.4 Å². The molecule has 33 heavy (non-hydrogen) atoms. The van der Waals surface area contributed by atoms with Gasteiger partial charge >= 0.3 is 0 Å². The van der Waals surface area contributed by atoms with Crippen molar-refractivity contribution in [2.24, 2.45) is 11.8 Å². The molecule has 2 aliphatic rings. The third-order valence-corrected chi connectivity index (χ3v) is 6.01. The molecule has 9 heteroatoms. The van der Waals surface area contributed by atoms with E-state index in [2.05, 4.69) is 15.5 Å². The van der Waals surface area contributed by atoms with Crippen molar-refractivity contribution in [3.63, 3.8) is 0 Å². The Morgan fingerprint density at radius 1 is 1.21 bits per heavy atom. The molecular weight excluding hydrogens is 426 g/mol. The number of carbonyl (C=O) groups excluding carboxylic acids is 3. The Balaban J connectivity index is 1.69. The van der Waals surface area contributed by atoms with Crippen molar-refractivity contribution in [2.45, 2.75) is 45.8 Å². The fourth-order valence-corrected chi connectivity index (χ4v) is 4.12. The van der Waals surface area contributed by atoms with Gasteiger partial charge in [0.05, 0.1) is 25.9 Å². The number of carbonyl (C=O) groups is 3. The standard InChI is InChI=1S/C24H35N3O6/c1-15(2)10-19(24(31)26-22-16(3)13-33-14-21(22)29)25-23(30)17-4-5-20(28)18(11-17)12-27-6-8-32-9-7-27/h4-5,11,15-16,19,22,28H,6-10,12-14H2,1-3H3,(H,25,30)(H,26,31)/t16-,19+,22+/m1/s1. The molecule has 9 nitrogen and oxygen atoms in total. The third-order valence-electron chi connectivity index (χ3n) is 6.01. The normalized spacial score (nSPS) is 22.7. The van der Waals surface area contributed by atoms with E-state index in [-0.39, 0.29) is 35.9 Å². The molecule has 0 saturated carbocycles. The van der Waals surface area contributed by atoms with Crippen molar-refractivity contribution in [3.05, 3.63) is 29.3 Å². The van der Waals surface area contributed by atoms with Gasteiger partial charge in [-0.1, -0.05) is 20.8 Å². The van der Waals surface area contributed by atoms with E-state index in [9.17, 15) is 19.5 Å². The lowest BCUT2D eigenvalue weighted by Gasteiger charge is -2.30. The van der Waals surface area contributed by atoms with Crippen molar-refractivity contribution in [3.8, 4) is 5.75 Å². The van der Waals surface area contributed by atoms with Crippen LogP contribution in [0.25, 0.3) is 0 Å². The van der Waals surface area contributed by atoms with Crippen LogP contribution in [-0.2, 0) is 25.6 Å². The minimum atomic E-state index is -0.781. The van der Waals surface area contributed by atoms with E-state index < -0.39 is 18.0 Å². The van der Waals surface area contributed by atoms with Crippen LogP contribution in [0.3, 0.4) is 0 Å². The van der Waals surface area contributed by atoms with Crippen molar-refractivity contribution < 1.29 is 29.0 Å². The highest BCUT2D eigenvalue weighted by atomic mass is 16.5. The van der Waals surface area contributed by atoms with Gasteiger partial charge in [0.2, 0.25) is 5.91 Å². The molecule has 2 saturated heterocycles. The lowest BCUT2D eigenvalue weighted by Crippen LogP contribution is -2.56. The summed E-state index contributed by atoms with van der Waals surface area (Å²) in [5.41, 5.74) is 1.02. The Bertz CT molecular complexity index is 853. The highest BCUT2D eigenvalue weighted by Gasteiger charge is 2.33. The fraction of sp³-hybridized carbons (Fsp3) is 0.625. The molecule has 0 radical (unpaired) electrons. The Kier molecular flexibility index (Phi) is 8.82. The first-order valence-corrected chi connectivity index (χ1v) is 11.6. The molecule has 0 aliphatic carbocycles. The highest BCUT2D eigenvalue weighted by molar-refractivity contribution is 5.99. The molecule has 0 unspecified atom stereocenters. The molecule has 1 aromatic rings. The molecule has 0 aromatic heterocycles. The summed E-state index contributed by atoms with van der Waals surface area (Å²) in [6.45, 7) is 9.48. The number of aromatic hydroxyl groups is 1. The summed E-state index contributed by atoms with van der Waals surface area (Å²) in [4.78, 5) is 40.4. The van der Waals surface area contributed by atoms with Gasteiger partial charge in [-0.3, -0.25) is 19.3 Å². The number of benzene rings is 1. The van der Waals surface area contributed by atoms with E-state index >= 15 is 0 Å². The zero-order chi connectivity index (χ0) is 24.0. The maximum absolute atomic E-state index is 13.0. The molecular formula is C24H35N3O6. The summed E-state index contributed by atoms with van der Waals surface area (Å²) in [5, 5.41) is 15.9. The molecule has 3 atom stereocenters. The van der Waals surface area contributed by atoms with Crippen LogP contribution in [0.5, 0.6) is 5.75 Å². The molecule has 2 heterocycles. The number of nitrogens with zero attached hydrogens (tertiary/aromatic N) is 1. The molecule has 1 aromatic carbocycles. The van der Waals surface area contributed by atoms with E-state index in [1.54, 1.807) is 12.1 Å². The number of amides is 2. The first kappa shape index (κ1) is 25.1. The number of nitrogens with one attached hydrogen (secondary N) is 2. The van der Waals surface area contributed by atoms with Crippen LogP contribution in [0.2, 0.25) is 0 Å². The molecule has 2 fully saturated rings.